The van der Waals surface area contributed by atoms with Crippen molar-refractivity contribution in [2.45, 2.75) is 23.8 Å². The van der Waals surface area contributed by atoms with Crippen LogP contribution in [-0.4, -0.2) is 38.2 Å². The topological polar surface area (TPSA) is 119 Å². The van der Waals surface area contributed by atoms with Gasteiger partial charge in [-0.05, 0) is 30.9 Å². The molecule has 0 heterocycles. The van der Waals surface area contributed by atoms with E-state index in [0.29, 0.717) is 0 Å². The number of hydrogen-bond donors (Lipinski definition) is 2. The molecule has 1 aromatic rings. The molecule has 1 aromatic carbocycles. The summed E-state index contributed by atoms with van der Waals surface area (Å²) < 4.78 is 31.2. The van der Waals surface area contributed by atoms with E-state index in [1.54, 1.807) is 0 Å². The Morgan fingerprint density at radius 2 is 2.19 bits per heavy atom. The van der Waals surface area contributed by atoms with Crippen molar-refractivity contribution in [2.75, 3.05) is 13.7 Å². The highest BCUT2D eigenvalue weighted by Gasteiger charge is 2.31. The van der Waals surface area contributed by atoms with Crippen LogP contribution in [0.25, 0.3) is 0 Å². The standard InChI is InChI=1S/C12H16N2O6S/c1-20-12-5-4-9(6-10(12)14(16)17)21(18,19)13-7-11(15)8-2-3-8/h4-6,8,11,13,15H,2-3,7H2,1H3. The van der Waals surface area contributed by atoms with E-state index in [0.717, 1.165) is 18.9 Å². The van der Waals surface area contributed by atoms with Crippen LogP contribution >= 0.6 is 0 Å². The summed E-state index contributed by atoms with van der Waals surface area (Å²) >= 11 is 0. The molecule has 0 bridgehead atoms. The predicted octanol–water partition coefficient (Wildman–Crippen LogP) is 0.653. The van der Waals surface area contributed by atoms with Crippen molar-refractivity contribution >= 4 is 15.7 Å². The maximum atomic E-state index is 12.1. The summed E-state index contributed by atoms with van der Waals surface area (Å²) in [5.74, 6) is 0.120. The number of aliphatic hydroxyl groups is 1. The molecule has 0 saturated heterocycles. The molecule has 0 spiro atoms. The highest BCUT2D eigenvalue weighted by molar-refractivity contribution is 7.89. The second-order valence-electron chi connectivity index (χ2n) is 4.85. The summed E-state index contributed by atoms with van der Waals surface area (Å²) in [7, 11) is -2.65. The number of sulfonamides is 1. The summed E-state index contributed by atoms with van der Waals surface area (Å²) in [6.07, 6.45) is 1.04. The van der Waals surface area contributed by atoms with Crippen molar-refractivity contribution in [1.82, 2.24) is 4.72 Å². The van der Waals surface area contributed by atoms with Gasteiger partial charge in [0, 0.05) is 12.6 Å². The van der Waals surface area contributed by atoms with E-state index in [1.807, 2.05) is 0 Å². The fraction of sp³-hybridized carbons (Fsp3) is 0.500. The third-order valence-corrected chi connectivity index (χ3v) is 4.73. The Labute approximate surface area is 121 Å². The second kappa shape index (κ2) is 5.96. The Morgan fingerprint density at radius 1 is 1.52 bits per heavy atom. The molecule has 0 amide bonds. The van der Waals surface area contributed by atoms with Gasteiger partial charge in [-0.1, -0.05) is 0 Å². The molecule has 1 aliphatic rings. The summed E-state index contributed by atoms with van der Waals surface area (Å²) in [6, 6.07) is 3.38. The minimum Gasteiger partial charge on any atom is -0.490 e. The number of aliphatic hydroxyl groups excluding tert-OH is 1. The van der Waals surface area contributed by atoms with E-state index >= 15 is 0 Å². The number of nitro groups is 1. The van der Waals surface area contributed by atoms with Gasteiger partial charge in [0.2, 0.25) is 10.0 Å². The minimum atomic E-state index is -3.91. The first-order chi connectivity index (χ1) is 9.85. The zero-order valence-corrected chi connectivity index (χ0v) is 12.2. The van der Waals surface area contributed by atoms with Crippen LogP contribution in [0.3, 0.4) is 0 Å². The number of rotatable bonds is 7. The lowest BCUT2D eigenvalue weighted by Gasteiger charge is -2.11. The number of ether oxygens (including phenoxy) is 1. The van der Waals surface area contributed by atoms with Gasteiger partial charge in [-0.2, -0.15) is 0 Å². The molecule has 21 heavy (non-hydrogen) atoms. The summed E-state index contributed by atoms with van der Waals surface area (Å²) in [4.78, 5) is 9.94. The largest absolute Gasteiger partial charge is 0.490 e. The lowest BCUT2D eigenvalue weighted by molar-refractivity contribution is -0.386. The van der Waals surface area contributed by atoms with Crippen molar-refractivity contribution < 1.29 is 23.2 Å². The van der Waals surface area contributed by atoms with Crippen LogP contribution in [0.2, 0.25) is 0 Å². The lowest BCUT2D eigenvalue weighted by Crippen LogP contribution is -2.33. The smallest absolute Gasteiger partial charge is 0.312 e. The highest BCUT2D eigenvalue weighted by atomic mass is 32.2. The zero-order chi connectivity index (χ0) is 15.6. The molecular formula is C12H16N2O6S. The lowest BCUT2D eigenvalue weighted by atomic mass is 10.2. The highest BCUT2D eigenvalue weighted by Crippen LogP contribution is 2.32. The molecule has 1 fully saturated rings. The van der Waals surface area contributed by atoms with Crippen molar-refractivity contribution in [3.63, 3.8) is 0 Å². The molecule has 9 heteroatoms. The Balaban J connectivity index is 2.18. The van der Waals surface area contributed by atoms with Crippen LogP contribution < -0.4 is 9.46 Å². The molecule has 116 valence electrons. The number of benzene rings is 1. The maximum Gasteiger partial charge on any atom is 0.312 e. The van der Waals surface area contributed by atoms with Gasteiger partial charge in [0.1, 0.15) is 0 Å². The van der Waals surface area contributed by atoms with E-state index in [-0.39, 0.29) is 23.1 Å². The second-order valence-corrected chi connectivity index (χ2v) is 6.61. The Hall–Kier alpha value is -1.71. The number of nitrogens with zero attached hydrogens (tertiary/aromatic N) is 1. The average Bonchev–Trinajstić information content (AvgIpc) is 3.28. The van der Waals surface area contributed by atoms with E-state index in [2.05, 4.69) is 4.72 Å². The molecule has 1 atom stereocenters. The maximum absolute atomic E-state index is 12.1. The van der Waals surface area contributed by atoms with Gasteiger partial charge in [0.15, 0.2) is 5.75 Å². The fourth-order valence-electron chi connectivity index (χ4n) is 1.91. The van der Waals surface area contributed by atoms with Gasteiger partial charge in [0.05, 0.1) is 23.0 Å². The van der Waals surface area contributed by atoms with Crippen LogP contribution in [0.15, 0.2) is 23.1 Å². The molecule has 1 unspecified atom stereocenters. The molecule has 8 nitrogen and oxygen atoms in total. The van der Waals surface area contributed by atoms with E-state index < -0.39 is 26.7 Å². The molecule has 0 aromatic heterocycles. The first-order valence-electron chi connectivity index (χ1n) is 6.35. The Kier molecular flexibility index (Phi) is 4.45. The van der Waals surface area contributed by atoms with Crippen molar-refractivity contribution in [3.05, 3.63) is 28.3 Å². The summed E-state index contributed by atoms with van der Waals surface area (Å²) in [6.45, 7) is -0.104. The van der Waals surface area contributed by atoms with E-state index in [9.17, 15) is 23.6 Å². The predicted molar refractivity (Wildman–Crippen MR) is 73.6 cm³/mol. The van der Waals surface area contributed by atoms with Crippen LogP contribution in [-0.2, 0) is 10.0 Å². The molecule has 0 radical (unpaired) electrons. The Morgan fingerprint density at radius 3 is 2.71 bits per heavy atom. The third kappa shape index (κ3) is 3.69. The van der Waals surface area contributed by atoms with Gasteiger partial charge in [-0.15, -0.1) is 0 Å². The number of methoxy groups -OCH3 is 1. The summed E-state index contributed by atoms with van der Waals surface area (Å²) in [5, 5.41) is 20.6. The van der Waals surface area contributed by atoms with Crippen molar-refractivity contribution in [1.29, 1.82) is 0 Å². The van der Waals surface area contributed by atoms with Gasteiger partial charge in [0.25, 0.3) is 0 Å². The van der Waals surface area contributed by atoms with Crippen LogP contribution in [0, 0.1) is 16.0 Å². The van der Waals surface area contributed by atoms with Crippen molar-refractivity contribution in [3.8, 4) is 5.75 Å². The number of nitrogens with one attached hydrogen (secondary N) is 1. The quantitative estimate of drug-likeness (QED) is 0.563. The monoisotopic (exact) mass is 316 g/mol. The minimum absolute atomic E-state index is 0.0167. The van der Waals surface area contributed by atoms with Crippen LogP contribution in [0.4, 0.5) is 5.69 Å². The zero-order valence-electron chi connectivity index (χ0n) is 11.4. The van der Waals surface area contributed by atoms with Gasteiger partial charge in [-0.25, -0.2) is 13.1 Å². The molecular weight excluding hydrogens is 300 g/mol. The fourth-order valence-corrected chi connectivity index (χ4v) is 2.98. The van der Waals surface area contributed by atoms with Gasteiger partial charge in [-0.3, -0.25) is 10.1 Å². The molecule has 0 aliphatic heterocycles. The SMILES string of the molecule is COc1ccc(S(=O)(=O)NCC(O)C2CC2)cc1[N+](=O)[O-]. The molecule has 1 aliphatic carbocycles. The normalized spacial score (nSPS) is 16.5. The van der Waals surface area contributed by atoms with Crippen LogP contribution in [0.5, 0.6) is 5.75 Å². The average molecular weight is 316 g/mol. The van der Waals surface area contributed by atoms with Crippen LogP contribution in [0.1, 0.15) is 12.8 Å². The van der Waals surface area contributed by atoms with E-state index in [4.69, 9.17) is 4.74 Å². The van der Waals surface area contributed by atoms with E-state index in [1.165, 1.54) is 19.2 Å². The van der Waals surface area contributed by atoms with Gasteiger partial charge >= 0.3 is 5.69 Å². The summed E-state index contributed by atoms with van der Waals surface area (Å²) in [5.41, 5.74) is -0.428. The first-order valence-corrected chi connectivity index (χ1v) is 7.83. The molecule has 2 rings (SSSR count). The molecule has 1 saturated carbocycles. The number of nitro benzene ring substituents is 1. The van der Waals surface area contributed by atoms with Crippen molar-refractivity contribution in [2.24, 2.45) is 5.92 Å². The third-order valence-electron chi connectivity index (χ3n) is 3.31. The number of hydrogen-bond acceptors (Lipinski definition) is 6. The molecule has 2 N–H and O–H groups in total. The van der Waals surface area contributed by atoms with Gasteiger partial charge < -0.3 is 9.84 Å². The first kappa shape index (κ1) is 15.7. The Bertz CT molecular complexity index is 641.